The van der Waals surface area contributed by atoms with Gasteiger partial charge in [0.25, 0.3) is 5.91 Å². The van der Waals surface area contributed by atoms with Gasteiger partial charge in [0.2, 0.25) is 0 Å². The number of aliphatic hydroxyl groups excluding tert-OH is 1. The molecule has 0 bridgehead atoms. The number of β-amino-alcohol motifs (C(OH)–C–C–N with tert-alkyl or cyclic N) is 1. The van der Waals surface area contributed by atoms with Crippen molar-refractivity contribution in [3.8, 4) is 5.75 Å². The molecular formula is C34H35F6N3O5. The van der Waals surface area contributed by atoms with Gasteiger partial charge in [-0.2, -0.15) is 26.3 Å². The van der Waals surface area contributed by atoms with Crippen LogP contribution in [0.2, 0.25) is 0 Å². The van der Waals surface area contributed by atoms with Crippen molar-refractivity contribution >= 4 is 11.9 Å². The van der Waals surface area contributed by atoms with Gasteiger partial charge in [-0.3, -0.25) is 9.69 Å². The molecule has 2 aliphatic rings. The lowest BCUT2D eigenvalue weighted by atomic mass is 9.75. The Morgan fingerprint density at radius 1 is 0.917 bits per heavy atom. The largest absolute Gasteiger partial charge is 0.497 e. The highest BCUT2D eigenvalue weighted by Crippen LogP contribution is 2.43. The molecule has 14 heteroatoms. The van der Waals surface area contributed by atoms with Gasteiger partial charge in [0.15, 0.2) is 0 Å². The van der Waals surface area contributed by atoms with Crippen LogP contribution in [0.1, 0.15) is 53.7 Å². The van der Waals surface area contributed by atoms with Gasteiger partial charge >= 0.3 is 18.4 Å². The first-order valence-electron chi connectivity index (χ1n) is 15.2. The number of carbonyl (C=O) groups excluding carboxylic acids is 2. The molecule has 3 atom stereocenters. The van der Waals surface area contributed by atoms with Gasteiger partial charge in [0, 0.05) is 13.1 Å². The van der Waals surface area contributed by atoms with Crippen molar-refractivity contribution in [2.24, 2.45) is 0 Å². The van der Waals surface area contributed by atoms with Gasteiger partial charge in [0.1, 0.15) is 11.3 Å². The van der Waals surface area contributed by atoms with E-state index in [1.807, 2.05) is 0 Å². The lowest BCUT2D eigenvalue weighted by Crippen LogP contribution is -2.65. The Kier molecular flexibility index (Phi) is 9.82. The summed E-state index contributed by atoms with van der Waals surface area (Å²) in [7, 11) is 1.52. The number of nitrogens with zero attached hydrogens (tertiary/aromatic N) is 2. The normalized spacial score (nSPS) is 22.4. The molecule has 2 fully saturated rings. The van der Waals surface area contributed by atoms with E-state index in [4.69, 9.17) is 9.47 Å². The summed E-state index contributed by atoms with van der Waals surface area (Å²) in [5.74, 6) is 0.152. The summed E-state index contributed by atoms with van der Waals surface area (Å²) in [6.45, 7) is 0.645. The van der Waals surface area contributed by atoms with Crippen LogP contribution >= 0.6 is 0 Å². The first kappa shape index (κ1) is 35.2. The molecule has 0 aromatic heterocycles. The summed E-state index contributed by atoms with van der Waals surface area (Å²) in [6.07, 6.45) is -10.8. The van der Waals surface area contributed by atoms with Gasteiger partial charge in [-0.05, 0) is 66.8 Å². The van der Waals surface area contributed by atoms with Crippen molar-refractivity contribution in [3.05, 3.63) is 101 Å². The zero-order valence-electron chi connectivity index (χ0n) is 26.2. The number of rotatable bonds is 10. The highest BCUT2D eigenvalue weighted by Gasteiger charge is 2.60. The van der Waals surface area contributed by atoms with Gasteiger partial charge in [-0.25, -0.2) is 4.79 Å². The second-order valence-corrected chi connectivity index (χ2v) is 12.0. The van der Waals surface area contributed by atoms with Crippen LogP contribution in [0.15, 0.2) is 72.8 Å². The summed E-state index contributed by atoms with van der Waals surface area (Å²) in [4.78, 5) is 30.1. The number of aliphatic hydroxyl groups is 1. The standard InChI is InChI=1S/C34H35F6N3O5/c1-22(24-16-26(33(35,36)37)18-27(17-24)34(38,39)40)48-21-31(25-6-4-3-5-7-25)12-13-32(20-41-31)29(45)42(30(46)43(32)14-15-44)19-23-8-10-28(47-2)11-9-23/h3-11,16-18,22,41,44H,12-15,19-21H2,1-2H3/t22-,31-,32?/m1/s1. The first-order valence-corrected chi connectivity index (χ1v) is 15.2. The minimum atomic E-state index is -5.01. The molecule has 3 amide bonds. The van der Waals surface area contributed by atoms with Gasteiger partial charge in [-0.1, -0.05) is 42.5 Å². The monoisotopic (exact) mass is 679 g/mol. The molecule has 0 aliphatic carbocycles. The molecule has 2 heterocycles. The predicted octanol–water partition coefficient (Wildman–Crippen LogP) is 6.28. The topological polar surface area (TPSA) is 91.3 Å². The number of urea groups is 1. The molecule has 2 N–H and O–H groups in total. The van der Waals surface area contributed by atoms with E-state index in [1.54, 1.807) is 54.6 Å². The molecule has 0 saturated carbocycles. The number of hydrogen-bond donors (Lipinski definition) is 2. The molecule has 258 valence electrons. The number of amides is 3. The smallest absolute Gasteiger partial charge is 0.416 e. The number of benzene rings is 3. The minimum Gasteiger partial charge on any atom is -0.497 e. The maximum absolute atomic E-state index is 14.0. The number of halogens is 6. The van der Waals surface area contributed by atoms with Crippen LogP contribution in [0.3, 0.4) is 0 Å². The highest BCUT2D eigenvalue weighted by molar-refractivity contribution is 6.07. The van der Waals surface area contributed by atoms with E-state index in [0.717, 1.165) is 4.90 Å². The van der Waals surface area contributed by atoms with E-state index >= 15 is 0 Å². The van der Waals surface area contributed by atoms with E-state index < -0.39 is 59.2 Å². The Morgan fingerprint density at radius 3 is 2.06 bits per heavy atom. The van der Waals surface area contributed by atoms with E-state index in [1.165, 1.54) is 18.9 Å². The summed E-state index contributed by atoms with van der Waals surface area (Å²) < 4.78 is 92.4. The fourth-order valence-corrected chi connectivity index (χ4v) is 6.36. The number of nitrogens with one attached hydrogen (secondary N) is 1. The van der Waals surface area contributed by atoms with Crippen LogP contribution in [0.5, 0.6) is 5.75 Å². The zero-order valence-corrected chi connectivity index (χ0v) is 26.2. The van der Waals surface area contributed by atoms with Crippen molar-refractivity contribution in [1.29, 1.82) is 0 Å². The zero-order chi connectivity index (χ0) is 34.9. The molecule has 48 heavy (non-hydrogen) atoms. The number of ether oxygens (including phenoxy) is 2. The summed E-state index contributed by atoms with van der Waals surface area (Å²) >= 11 is 0. The third-order valence-corrected chi connectivity index (χ3v) is 9.12. The minimum absolute atomic E-state index is 0.00725. The maximum Gasteiger partial charge on any atom is 0.416 e. The predicted molar refractivity (Wildman–Crippen MR) is 162 cm³/mol. The van der Waals surface area contributed by atoms with Crippen molar-refractivity contribution < 1.29 is 50.5 Å². The van der Waals surface area contributed by atoms with Crippen LogP contribution in [0.4, 0.5) is 31.1 Å². The van der Waals surface area contributed by atoms with Crippen molar-refractivity contribution in [1.82, 2.24) is 15.1 Å². The van der Waals surface area contributed by atoms with E-state index in [-0.39, 0.29) is 50.7 Å². The Morgan fingerprint density at radius 2 is 1.54 bits per heavy atom. The van der Waals surface area contributed by atoms with Crippen LogP contribution in [-0.4, -0.2) is 65.8 Å². The van der Waals surface area contributed by atoms with Gasteiger partial charge in [0.05, 0.1) is 49.6 Å². The van der Waals surface area contributed by atoms with Crippen molar-refractivity contribution in [3.63, 3.8) is 0 Å². The molecule has 1 spiro atoms. The van der Waals surface area contributed by atoms with Crippen LogP contribution in [-0.2, 0) is 34.0 Å². The molecule has 1 unspecified atom stereocenters. The number of piperidine rings is 1. The second-order valence-electron chi connectivity index (χ2n) is 12.0. The molecule has 3 aromatic rings. The second kappa shape index (κ2) is 13.4. The number of methoxy groups -OCH3 is 1. The fraction of sp³-hybridized carbons (Fsp3) is 0.412. The van der Waals surface area contributed by atoms with Gasteiger partial charge < -0.3 is 24.8 Å². The highest BCUT2D eigenvalue weighted by atomic mass is 19.4. The van der Waals surface area contributed by atoms with Crippen molar-refractivity contribution in [2.75, 3.05) is 33.4 Å². The number of hydrogen-bond acceptors (Lipinski definition) is 6. The van der Waals surface area contributed by atoms with Crippen LogP contribution < -0.4 is 10.1 Å². The van der Waals surface area contributed by atoms with E-state index in [9.17, 15) is 41.0 Å². The quantitative estimate of drug-likeness (QED) is 0.194. The van der Waals surface area contributed by atoms with E-state index in [0.29, 0.717) is 29.0 Å². The average molecular weight is 680 g/mol. The molecule has 0 radical (unpaired) electrons. The molecular weight excluding hydrogens is 644 g/mol. The first-order chi connectivity index (χ1) is 22.6. The Hall–Kier alpha value is -4.14. The van der Waals surface area contributed by atoms with E-state index in [2.05, 4.69) is 5.32 Å². The molecule has 5 rings (SSSR count). The van der Waals surface area contributed by atoms with Crippen LogP contribution in [0, 0.1) is 0 Å². The molecule has 8 nitrogen and oxygen atoms in total. The summed E-state index contributed by atoms with van der Waals surface area (Å²) in [5, 5.41) is 13.2. The summed E-state index contributed by atoms with van der Waals surface area (Å²) in [6, 6.07) is 16.6. The van der Waals surface area contributed by atoms with Crippen molar-refractivity contribution in [2.45, 2.75) is 55.8 Å². The SMILES string of the molecule is COc1ccc(CN2C(=O)N(CCO)C3(CC[C@@](CO[C@H](C)c4cc(C(F)(F)F)cc(C(F)(F)F)c4)(c4ccccc4)NC3)C2=O)cc1. The Balaban J connectivity index is 1.41. The van der Waals surface area contributed by atoms with Crippen LogP contribution in [0.25, 0.3) is 0 Å². The van der Waals surface area contributed by atoms with Gasteiger partial charge in [-0.15, -0.1) is 0 Å². The average Bonchev–Trinajstić information content (AvgIpc) is 3.25. The third kappa shape index (κ3) is 6.87. The summed E-state index contributed by atoms with van der Waals surface area (Å²) in [5.41, 5.74) is -4.14. The Bertz CT molecular complexity index is 1570. The number of alkyl halides is 6. The fourth-order valence-electron chi connectivity index (χ4n) is 6.36. The molecule has 3 aromatic carbocycles. The number of carbonyl (C=O) groups is 2. The molecule has 2 saturated heterocycles. The number of imide groups is 1. The maximum atomic E-state index is 14.0. The Labute approximate surface area is 273 Å². The lowest BCUT2D eigenvalue weighted by molar-refractivity contribution is -0.143. The third-order valence-electron chi connectivity index (χ3n) is 9.12. The molecule has 2 aliphatic heterocycles. The lowest BCUT2D eigenvalue weighted by Gasteiger charge is -2.47.